The van der Waals surface area contributed by atoms with Crippen molar-refractivity contribution >= 4 is 32.3 Å². The molecule has 0 N–H and O–H groups in total. The Bertz CT molecular complexity index is 2400. The number of benzene rings is 8. The first-order valence-electron chi connectivity index (χ1n) is 15.9. The van der Waals surface area contributed by atoms with Gasteiger partial charge < -0.3 is 0 Å². The van der Waals surface area contributed by atoms with Gasteiger partial charge in [0.05, 0.1) is 0 Å². The van der Waals surface area contributed by atoms with Gasteiger partial charge in [0, 0.05) is 5.41 Å². The Morgan fingerprint density at radius 2 is 0.844 bits per heavy atom. The van der Waals surface area contributed by atoms with E-state index in [0.29, 0.717) is 0 Å². The molecular formula is C45H32. The van der Waals surface area contributed by atoms with Gasteiger partial charge in [-0.3, -0.25) is 0 Å². The maximum absolute atomic E-state index is 2.42. The van der Waals surface area contributed by atoms with Crippen LogP contribution in [0.3, 0.4) is 0 Å². The molecule has 0 heteroatoms. The fourth-order valence-electron chi connectivity index (χ4n) is 7.83. The van der Waals surface area contributed by atoms with Gasteiger partial charge >= 0.3 is 0 Å². The second-order valence-corrected chi connectivity index (χ2v) is 12.9. The molecule has 0 aliphatic heterocycles. The Hall–Kier alpha value is -5.46. The van der Waals surface area contributed by atoms with Gasteiger partial charge in [-0.15, -0.1) is 0 Å². The molecule has 0 spiro atoms. The molecule has 0 atom stereocenters. The lowest BCUT2D eigenvalue weighted by atomic mass is 9.81. The largest absolute Gasteiger partial charge is 0.0619 e. The highest BCUT2D eigenvalue weighted by molar-refractivity contribution is 6.21. The first-order chi connectivity index (χ1) is 22.1. The first kappa shape index (κ1) is 26.0. The molecule has 0 nitrogen and oxygen atoms in total. The third-order valence-corrected chi connectivity index (χ3v) is 10.0. The summed E-state index contributed by atoms with van der Waals surface area (Å²) in [5.74, 6) is 0. The van der Waals surface area contributed by atoms with E-state index in [-0.39, 0.29) is 5.41 Å². The molecular weight excluding hydrogens is 540 g/mol. The van der Waals surface area contributed by atoms with Crippen molar-refractivity contribution in [2.24, 2.45) is 0 Å². The van der Waals surface area contributed by atoms with Crippen molar-refractivity contribution in [3.8, 4) is 44.5 Å². The van der Waals surface area contributed by atoms with Gasteiger partial charge in [-0.05, 0) is 106 Å². The molecule has 0 unspecified atom stereocenters. The smallest absolute Gasteiger partial charge is 0.0159 e. The van der Waals surface area contributed by atoms with Crippen molar-refractivity contribution in [3.63, 3.8) is 0 Å². The summed E-state index contributed by atoms with van der Waals surface area (Å²) in [4.78, 5) is 0. The summed E-state index contributed by atoms with van der Waals surface area (Å²) in [5.41, 5.74) is 13.1. The molecule has 0 bridgehead atoms. The van der Waals surface area contributed by atoms with Crippen molar-refractivity contribution in [1.82, 2.24) is 0 Å². The van der Waals surface area contributed by atoms with Gasteiger partial charge in [-0.25, -0.2) is 0 Å². The van der Waals surface area contributed by atoms with E-state index in [9.17, 15) is 0 Å². The van der Waals surface area contributed by atoms with Crippen LogP contribution in [0.15, 0.2) is 158 Å². The van der Waals surface area contributed by atoms with Gasteiger partial charge in [0.25, 0.3) is 0 Å². The van der Waals surface area contributed by atoms with Crippen LogP contribution in [0, 0.1) is 0 Å². The molecule has 1 aliphatic rings. The van der Waals surface area contributed by atoms with E-state index in [1.54, 1.807) is 0 Å². The van der Waals surface area contributed by atoms with Crippen molar-refractivity contribution < 1.29 is 0 Å². The van der Waals surface area contributed by atoms with E-state index in [2.05, 4.69) is 172 Å². The monoisotopic (exact) mass is 572 g/mol. The summed E-state index contributed by atoms with van der Waals surface area (Å²) in [5, 5.41) is 7.65. The van der Waals surface area contributed by atoms with Gasteiger partial charge in [-0.2, -0.15) is 0 Å². The molecule has 8 aromatic carbocycles. The average molecular weight is 573 g/mol. The molecule has 45 heavy (non-hydrogen) atoms. The van der Waals surface area contributed by atoms with Crippen LogP contribution in [-0.4, -0.2) is 0 Å². The Morgan fingerprint density at radius 3 is 1.56 bits per heavy atom. The predicted octanol–water partition coefficient (Wildman–Crippen LogP) is 12.5. The van der Waals surface area contributed by atoms with Crippen LogP contribution in [0.25, 0.3) is 76.8 Å². The van der Waals surface area contributed by atoms with Crippen LogP contribution in [0.2, 0.25) is 0 Å². The molecule has 1 aliphatic carbocycles. The van der Waals surface area contributed by atoms with Crippen molar-refractivity contribution in [3.05, 3.63) is 169 Å². The minimum absolute atomic E-state index is 0.0233. The third kappa shape index (κ3) is 3.92. The average Bonchev–Trinajstić information content (AvgIpc) is 3.32. The molecule has 0 saturated carbocycles. The molecule has 9 rings (SSSR count). The maximum atomic E-state index is 2.42. The van der Waals surface area contributed by atoms with Gasteiger partial charge in [0.1, 0.15) is 0 Å². The fraction of sp³-hybridized carbons (Fsp3) is 0.0667. The van der Waals surface area contributed by atoms with Gasteiger partial charge in [-0.1, -0.05) is 153 Å². The molecule has 0 aromatic heterocycles. The van der Waals surface area contributed by atoms with Crippen LogP contribution < -0.4 is 0 Å². The van der Waals surface area contributed by atoms with Crippen LogP contribution in [0.1, 0.15) is 25.0 Å². The van der Waals surface area contributed by atoms with Crippen molar-refractivity contribution in [1.29, 1.82) is 0 Å². The molecule has 0 fully saturated rings. The van der Waals surface area contributed by atoms with E-state index in [1.807, 2.05) is 0 Å². The Labute approximate surface area is 264 Å². The summed E-state index contributed by atoms with van der Waals surface area (Å²) in [6, 6.07) is 58.4. The molecule has 0 radical (unpaired) electrons. The third-order valence-electron chi connectivity index (χ3n) is 10.0. The van der Waals surface area contributed by atoms with Crippen LogP contribution >= 0.6 is 0 Å². The van der Waals surface area contributed by atoms with E-state index in [4.69, 9.17) is 0 Å². The highest BCUT2D eigenvalue weighted by Gasteiger charge is 2.35. The lowest BCUT2D eigenvalue weighted by molar-refractivity contribution is 0.660. The lowest BCUT2D eigenvalue weighted by Gasteiger charge is -2.22. The number of rotatable bonds is 3. The number of hydrogen-bond donors (Lipinski definition) is 0. The van der Waals surface area contributed by atoms with Gasteiger partial charge in [0.15, 0.2) is 0 Å². The molecule has 0 saturated heterocycles. The predicted molar refractivity (Wildman–Crippen MR) is 193 cm³/mol. The number of hydrogen-bond acceptors (Lipinski definition) is 0. The van der Waals surface area contributed by atoms with E-state index in [1.165, 1.54) is 88.0 Å². The Morgan fingerprint density at radius 1 is 0.333 bits per heavy atom. The molecule has 8 aromatic rings. The molecule has 0 heterocycles. The maximum Gasteiger partial charge on any atom is 0.0159 e. The number of fused-ring (bicyclic) bond motifs is 6. The minimum atomic E-state index is -0.0233. The normalized spacial score (nSPS) is 13.3. The highest BCUT2D eigenvalue weighted by Crippen LogP contribution is 2.50. The standard InChI is InChI=1S/C45H32/c1-45(2)41-21-10-9-16-35(41)36-25-24-32(28-42(36)45)31-14-11-15-33(27-31)43-37-17-5-7-19-39(37)44(40-20-8-6-18-38(40)43)34-23-22-29-12-3-4-13-30(29)26-34/h3-28H,1-2H3. The summed E-state index contributed by atoms with van der Waals surface area (Å²) >= 11 is 0. The van der Waals surface area contributed by atoms with Crippen LogP contribution in [-0.2, 0) is 5.41 Å². The quantitative estimate of drug-likeness (QED) is 0.185. The van der Waals surface area contributed by atoms with E-state index < -0.39 is 0 Å². The summed E-state index contributed by atoms with van der Waals surface area (Å²) in [6.45, 7) is 4.71. The van der Waals surface area contributed by atoms with Gasteiger partial charge in [0.2, 0.25) is 0 Å². The Kier molecular flexibility index (Phi) is 5.64. The lowest BCUT2D eigenvalue weighted by Crippen LogP contribution is -2.14. The fourth-order valence-corrected chi connectivity index (χ4v) is 7.83. The SMILES string of the molecule is CC1(C)c2ccccc2-c2ccc(-c3cccc(-c4c5ccccc5c(-c5ccc6ccccc6c5)c5ccccc45)c3)cc21. The van der Waals surface area contributed by atoms with Crippen molar-refractivity contribution in [2.75, 3.05) is 0 Å². The van der Waals surface area contributed by atoms with Crippen LogP contribution in [0.4, 0.5) is 0 Å². The summed E-state index contributed by atoms with van der Waals surface area (Å²) < 4.78 is 0. The molecule has 212 valence electrons. The zero-order chi connectivity index (χ0) is 30.1. The van der Waals surface area contributed by atoms with Crippen LogP contribution in [0.5, 0.6) is 0 Å². The first-order valence-corrected chi connectivity index (χ1v) is 15.9. The second kappa shape index (κ2) is 9.78. The van der Waals surface area contributed by atoms with Crippen molar-refractivity contribution in [2.45, 2.75) is 19.3 Å². The minimum Gasteiger partial charge on any atom is -0.0619 e. The topological polar surface area (TPSA) is 0 Å². The second-order valence-electron chi connectivity index (χ2n) is 12.9. The summed E-state index contributed by atoms with van der Waals surface area (Å²) in [6.07, 6.45) is 0. The highest BCUT2D eigenvalue weighted by atomic mass is 14.4. The Balaban J connectivity index is 1.25. The molecule has 0 amide bonds. The zero-order valence-corrected chi connectivity index (χ0v) is 25.5. The van der Waals surface area contributed by atoms with E-state index >= 15 is 0 Å². The van der Waals surface area contributed by atoms with E-state index in [0.717, 1.165) is 0 Å². The summed E-state index contributed by atoms with van der Waals surface area (Å²) in [7, 11) is 0. The zero-order valence-electron chi connectivity index (χ0n) is 25.5.